The number of hydrogen-bond acceptors (Lipinski definition) is 6. The standard InChI is InChI=1S/C10H13N5O2S/c11-10-13-6(5-18-10)3-4-12-9(17)7-1-2-8(16)15-14-7/h5H,1-4H2,(H2,11,13)(H,12,17)(H,15,16). The molecule has 0 aromatic carbocycles. The summed E-state index contributed by atoms with van der Waals surface area (Å²) in [6.07, 6.45) is 1.30. The zero-order valence-electron chi connectivity index (χ0n) is 9.60. The molecule has 1 aromatic rings. The molecule has 96 valence electrons. The van der Waals surface area contributed by atoms with Crippen molar-refractivity contribution in [3.63, 3.8) is 0 Å². The Kier molecular flexibility index (Phi) is 3.88. The Balaban J connectivity index is 1.77. The topological polar surface area (TPSA) is 109 Å². The van der Waals surface area contributed by atoms with E-state index in [0.717, 1.165) is 5.69 Å². The first-order chi connectivity index (χ1) is 8.65. The number of hydrazone groups is 1. The number of nitrogens with zero attached hydrogens (tertiary/aromatic N) is 2. The molecule has 0 saturated heterocycles. The van der Waals surface area contributed by atoms with Crippen LogP contribution in [-0.4, -0.2) is 29.1 Å². The molecule has 18 heavy (non-hydrogen) atoms. The van der Waals surface area contributed by atoms with Gasteiger partial charge in [0.2, 0.25) is 5.91 Å². The summed E-state index contributed by atoms with van der Waals surface area (Å²) in [7, 11) is 0. The number of thiazole rings is 1. The summed E-state index contributed by atoms with van der Waals surface area (Å²) in [5.74, 6) is -0.414. The quantitative estimate of drug-likeness (QED) is 0.692. The molecule has 0 saturated carbocycles. The average Bonchev–Trinajstić information content (AvgIpc) is 2.76. The van der Waals surface area contributed by atoms with Crippen molar-refractivity contribution in [2.24, 2.45) is 5.10 Å². The molecule has 7 nitrogen and oxygen atoms in total. The number of hydrogen-bond donors (Lipinski definition) is 3. The third-order valence-corrected chi connectivity index (χ3v) is 3.13. The minimum Gasteiger partial charge on any atom is -0.375 e. The van der Waals surface area contributed by atoms with Gasteiger partial charge in [-0.05, 0) is 0 Å². The van der Waals surface area contributed by atoms with E-state index in [9.17, 15) is 9.59 Å². The molecular formula is C10H13N5O2S. The molecule has 2 heterocycles. The molecule has 1 aromatic heterocycles. The molecule has 0 bridgehead atoms. The number of amides is 2. The highest BCUT2D eigenvalue weighted by Crippen LogP contribution is 2.10. The van der Waals surface area contributed by atoms with Crippen LogP contribution in [0.15, 0.2) is 10.5 Å². The van der Waals surface area contributed by atoms with Crippen molar-refractivity contribution < 1.29 is 9.59 Å². The first-order valence-electron chi connectivity index (χ1n) is 5.48. The summed E-state index contributed by atoms with van der Waals surface area (Å²) in [6, 6.07) is 0. The van der Waals surface area contributed by atoms with Crippen molar-refractivity contribution in [3.8, 4) is 0 Å². The van der Waals surface area contributed by atoms with Crippen LogP contribution in [0.4, 0.5) is 5.13 Å². The molecular weight excluding hydrogens is 254 g/mol. The van der Waals surface area contributed by atoms with Gasteiger partial charge in [0.25, 0.3) is 5.91 Å². The van der Waals surface area contributed by atoms with E-state index in [1.807, 2.05) is 5.38 Å². The second-order valence-electron chi connectivity index (χ2n) is 3.78. The van der Waals surface area contributed by atoms with E-state index in [4.69, 9.17) is 5.73 Å². The monoisotopic (exact) mass is 267 g/mol. The molecule has 0 atom stereocenters. The zero-order chi connectivity index (χ0) is 13.0. The Labute approximate surface area is 107 Å². The van der Waals surface area contributed by atoms with Crippen LogP contribution in [0.25, 0.3) is 0 Å². The van der Waals surface area contributed by atoms with Crippen molar-refractivity contribution in [2.45, 2.75) is 19.3 Å². The predicted octanol–water partition coefficient (Wildman–Crippen LogP) is -0.350. The van der Waals surface area contributed by atoms with Gasteiger partial charge in [-0.25, -0.2) is 10.4 Å². The Morgan fingerprint density at radius 1 is 1.56 bits per heavy atom. The highest BCUT2D eigenvalue weighted by Gasteiger charge is 2.17. The van der Waals surface area contributed by atoms with E-state index in [1.165, 1.54) is 11.3 Å². The molecule has 1 aliphatic heterocycles. The van der Waals surface area contributed by atoms with E-state index < -0.39 is 0 Å². The molecule has 4 N–H and O–H groups in total. The lowest BCUT2D eigenvalue weighted by molar-refractivity contribution is -0.121. The van der Waals surface area contributed by atoms with Gasteiger partial charge in [-0.2, -0.15) is 5.10 Å². The van der Waals surface area contributed by atoms with E-state index in [-0.39, 0.29) is 11.8 Å². The van der Waals surface area contributed by atoms with Crippen LogP contribution >= 0.6 is 11.3 Å². The molecule has 0 spiro atoms. The largest absolute Gasteiger partial charge is 0.375 e. The predicted molar refractivity (Wildman–Crippen MR) is 68.1 cm³/mol. The highest BCUT2D eigenvalue weighted by molar-refractivity contribution is 7.13. The fourth-order valence-electron chi connectivity index (χ4n) is 1.48. The molecule has 0 unspecified atom stereocenters. The van der Waals surface area contributed by atoms with Crippen LogP contribution < -0.4 is 16.5 Å². The third kappa shape index (κ3) is 3.27. The highest BCUT2D eigenvalue weighted by atomic mass is 32.1. The Hall–Kier alpha value is -1.96. The van der Waals surface area contributed by atoms with Gasteiger partial charge < -0.3 is 11.1 Å². The summed E-state index contributed by atoms with van der Waals surface area (Å²) in [4.78, 5) is 26.6. The van der Waals surface area contributed by atoms with Gasteiger partial charge in [-0.1, -0.05) is 0 Å². The van der Waals surface area contributed by atoms with Crippen molar-refractivity contribution in [3.05, 3.63) is 11.1 Å². The normalized spacial score (nSPS) is 14.9. The van der Waals surface area contributed by atoms with Gasteiger partial charge in [-0.3, -0.25) is 9.59 Å². The number of carbonyl (C=O) groups is 2. The number of rotatable bonds is 4. The maximum Gasteiger partial charge on any atom is 0.267 e. The van der Waals surface area contributed by atoms with Crippen molar-refractivity contribution in [1.29, 1.82) is 0 Å². The van der Waals surface area contributed by atoms with Gasteiger partial charge >= 0.3 is 0 Å². The van der Waals surface area contributed by atoms with Crippen LogP contribution in [0.5, 0.6) is 0 Å². The third-order valence-electron chi connectivity index (χ3n) is 2.40. The van der Waals surface area contributed by atoms with Gasteiger partial charge in [0.15, 0.2) is 5.13 Å². The summed E-state index contributed by atoms with van der Waals surface area (Å²) >= 11 is 1.37. The smallest absolute Gasteiger partial charge is 0.267 e. The lowest BCUT2D eigenvalue weighted by Gasteiger charge is -2.11. The second kappa shape index (κ2) is 5.58. The molecule has 0 fully saturated rings. The van der Waals surface area contributed by atoms with Crippen LogP contribution in [0, 0.1) is 0 Å². The first kappa shape index (κ1) is 12.5. The van der Waals surface area contributed by atoms with Crippen molar-refractivity contribution in [1.82, 2.24) is 15.7 Å². The van der Waals surface area contributed by atoms with Gasteiger partial charge in [0, 0.05) is 31.2 Å². The van der Waals surface area contributed by atoms with Crippen LogP contribution in [-0.2, 0) is 16.0 Å². The minimum atomic E-state index is -0.252. The van der Waals surface area contributed by atoms with Gasteiger partial charge in [0.05, 0.1) is 5.69 Å². The number of anilines is 1. The fourth-order valence-corrected chi connectivity index (χ4v) is 2.08. The zero-order valence-corrected chi connectivity index (χ0v) is 10.4. The van der Waals surface area contributed by atoms with Crippen molar-refractivity contribution >= 4 is 34.0 Å². The van der Waals surface area contributed by atoms with Crippen LogP contribution in [0.1, 0.15) is 18.5 Å². The number of nitrogens with one attached hydrogen (secondary N) is 2. The molecule has 0 aliphatic carbocycles. The Morgan fingerprint density at radius 2 is 2.39 bits per heavy atom. The second-order valence-corrected chi connectivity index (χ2v) is 4.67. The summed E-state index contributed by atoms with van der Waals surface area (Å²) < 4.78 is 0. The van der Waals surface area contributed by atoms with Gasteiger partial charge in [-0.15, -0.1) is 11.3 Å². The van der Waals surface area contributed by atoms with Crippen molar-refractivity contribution in [2.75, 3.05) is 12.3 Å². The van der Waals surface area contributed by atoms with Crippen LogP contribution in [0.3, 0.4) is 0 Å². The molecule has 1 aliphatic rings. The first-order valence-corrected chi connectivity index (χ1v) is 6.36. The lowest BCUT2D eigenvalue weighted by atomic mass is 10.1. The lowest BCUT2D eigenvalue weighted by Crippen LogP contribution is -2.37. The Morgan fingerprint density at radius 3 is 3.00 bits per heavy atom. The number of nitrogens with two attached hydrogens (primary N) is 1. The minimum absolute atomic E-state index is 0.163. The molecule has 2 amide bonds. The summed E-state index contributed by atoms with van der Waals surface area (Å²) in [5.41, 5.74) is 9.00. The van der Waals surface area contributed by atoms with E-state index in [1.54, 1.807) is 0 Å². The van der Waals surface area contributed by atoms with E-state index in [0.29, 0.717) is 36.7 Å². The molecule has 0 radical (unpaired) electrons. The summed E-state index contributed by atoms with van der Waals surface area (Å²) in [6.45, 7) is 0.467. The van der Waals surface area contributed by atoms with Crippen LogP contribution in [0.2, 0.25) is 0 Å². The SMILES string of the molecule is Nc1nc(CCNC(=O)C2=NNC(=O)CC2)cs1. The number of nitrogen functional groups attached to an aromatic ring is 1. The van der Waals surface area contributed by atoms with Gasteiger partial charge in [0.1, 0.15) is 5.71 Å². The Bertz CT molecular complexity index is 496. The average molecular weight is 267 g/mol. The maximum absolute atomic E-state index is 11.7. The maximum atomic E-state index is 11.7. The molecule has 2 rings (SSSR count). The fraction of sp³-hybridized carbons (Fsp3) is 0.400. The van der Waals surface area contributed by atoms with E-state index in [2.05, 4.69) is 20.8 Å². The number of carbonyl (C=O) groups excluding carboxylic acids is 2. The molecule has 8 heteroatoms. The number of aromatic nitrogens is 1. The summed E-state index contributed by atoms with van der Waals surface area (Å²) in [5, 5.41) is 8.82. The van der Waals surface area contributed by atoms with E-state index >= 15 is 0 Å².